The van der Waals surface area contributed by atoms with Crippen LogP contribution in [0.25, 0.3) is 0 Å². The van der Waals surface area contributed by atoms with Gasteiger partial charge in [-0.05, 0) is 39.5 Å². The third kappa shape index (κ3) is 4.29. The normalized spacial score (nSPS) is 19.1. The summed E-state index contributed by atoms with van der Waals surface area (Å²) < 4.78 is 10.5. The molecule has 1 atom stereocenters. The molecule has 18 heavy (non-hydrogen) atoms. The van der Waals surface area contributed by atoms with Gasteiger partial charge >= 0.3 is 6.09 Å². The Morgan fingerprint density at radius 2 is 1.94 bits per heavy atom. The highest BCUT2D eigenvalue weighted by Crippen LogP contribution is 2.22. The Morgan fingerprint density at radius 3 is 2.39 bits per heavy atom. The number of hydrogen-bond acceptors (Lipinski definition) is 4. The molecule has 5 nitrogen and oxygen atoms in total. The van der Waals surface area contributed by atoms with Gasteiger partial charge in [-0.3, -0.25) is 0 Å². The average molecular weight is 257 g/mol. The minimum absolute atomic E-state index is 0.161. The van der Waals surface area contributed by atoms with E-state index >= 15 is 0 Å². The maximum absolute atomic E-state index is 11.9. The molecule has 104 valence electrons. The quantitative estimate of drug-likeness (QED) is 0.724. The molecule has 0 spiro atoms. The lowest BCUT2D eigenvalue weighted by Crippen LogP contribution is -2.46. The predicted molar refractivity (Wildman–Crippen MR) is 67.4 cm³/mol. The summed E-state index contributed by atoms with van der Waals surface area (Å²) in [6, 6.07) is -0.427. The van der Waals surface area contributed by atoms with E-state index in [2.05, 4.69) is 0 Å². The predicted octanol–water partition coefficient (Wildman–Crippen LogP) is 1.85. The summed E-state index contributed by atoms with van der Waals surface area (Å²) >= 11 is 0. The highest BCUT2D eigenvalue weighted by Gasteiger charge is 2.31. The van der Waals surface area contributed by atoms with Crippen molar-refractivity contribution in [1.82, 2.24) is 4.90 Å². The van der Waals surface area contributed by atoms with Crippen LogP contribution in [0, 0.1) is 5.92 Å². The van der Waals surface area contributed by atoms with Gasteiger partial charge in [0.05, 0.1) is 6.04 Å². The van der Waals surface area contributed by atoms with E-state index in [1.54, 1.807) is 7.05 Å². The molecule has 5 heteroatoms. The Bertz CT molecular complexity index is 292. The van der Waals surface area contributed by atoms with Gasteiger partial charge in [0.15, 0.2) is 0 Å². The number of carbonyl (C=O) groups is 2. The molecule has 1 heterocycles. The summed E-state index contributed by atoms with van der Waals surface area (Å²) in [6.45, 7) is 6.73. The van der Waals surface area contributed by atoms with E-state index in [1.807, 2.05) is 20.8 Å². The first kappa shape index (κ1) is 15.0. The molecular formula is C13H23NO4. The average Bonchev–Trinajstić information content (AvgIpc) is 2.29. The van der Waals surface area contributed by atoms with Crippen molar-refractivity contribution in [3.63, 3.8) is 0 Å². The number of hydrogen-bond donors (Lipinski definition) is 0. The van der Waals surface area contributed by atoms with Crippen molar-refractivity contribution in [2.45, 2.75) is 45.3 Å². The number of amides is 1. The van der Waals surface area contributed by atoms with Crippen LogP contribution in [0.3, 0.4) is 0 Å². The van der Waals surface area contributed by atoms with Gasteiger partial charge in [-0.1, -0.05) is 0 Å². The lowest BCUT2D eigenvalue weighted by atomic mass is 9.92. The molecule has 0 N–H and O–H groups in total. The van der Waals surface area contributed by atoms with E-state index in [0.717, 1.165) is 19.1 Å². The third-order valence-corrected chi connectivity index (χ3v) is 3.02. The SMILES string of the molecule is CN(C(=O)OC(C)(C)C)C(C=O)C1CCOCC1. The molecular weight excluding hydrogens is 234 g/mol. The van der Waals surface area contributed by atoms with Crippen LogP contribution >= 0.6 is 0 Å². The second-order valence-corrected chi connectivity index (χ2v) is 5.67. The van der Waals surface area contributed by atoms with Gasteiger partial charge < -0.3 is 19.2 Å². The van der Waals surface area contributed by atoms with Crippen LogP contribution in [0.2, 0.25) is 0 Å². The Labute approximate surface area is 108 Å². The molecule has 1 aliphatic heterocycles. The fourth-order valence-electron chi connectivity index (χ4n) is 2.03. The van der Waals surface area contributed by atoms with E-state index < -0.39 is 17.7 Å². The van der Waals surface area contributed by atoms with Gasteiger partial charge in [-0.15, -0.1) is 0 Å². The summed E-state index contributed by atoms with van der Waals surface area (Å²) in [5.74, 6) is 0.161. The number of likely N-dealkylation sites (N-methyl/N-ethyl adjacent to an activating group) is 1. The molecule has 1 saturated heterocycles. The minimum Gasteiger partial charge on any atom is -0.444 e. The standard InChI is InChI=1S/C13H23NO4/c1-13(2,3)18-12(16)14(4)11(9-15)10-5-7-17-8-6-10/h9-11H,5-8H2,1-4H3. The molecule has 0 aromatic carbocycles. The van der Waals surface area contributed by atoms with E-state index in [9.17, 15) is 9.59 Å². The second kappa shape index (κ2) is 6.18. The van der Waals surface area contributed by atoms with Gasteiger partial charge in [0.2, 0.25) is 0 Å². The van der Waals surface area contributed by atoms with Crippen LogP contribution in [0.1, 0.15) is 33.6 Å². The van der Waals surface area contributed by atoms with E-state index in [0.29, 0.717) is 13.2 Å². The van der Waals surface area contributed by atoms with Crippen molar-refractivity contribution in [2.75, 3.05) is 20.3 Å². The van der Waals surface area contributed by atoms with Crippen molar-refractivity contribution in [3.8, 4) is 0 Å². The first-order valence-electron chi connectivity index (χ1n) is 6.34. The third-order valence-electron chi connectivity index (χ3n) is 3.02. The van der Waals surface area contributed by atoms with Crippen LogP contribution in [0.15, 0.2) is 0 Å². The van der Waals surface area contributed by atoms with Crippen molar-refractivity contribution in [1.29, 1.82) is 0 Å². The number of nitrogens with zero attached hydrogens (tertiary/aromatic N) is 1. The first-order valence-corrected chi connectivity index (χ1v) is 6.34. The summed E-state index contributed by atoms with van der Waals surface area (Å²) in [6.07, 6.45) is 1.98. The molecule has 0 bridgehead atoms. The number of carbonyl (C=O) groups excluding carboxylic acids is 2. The maximum atomic E-state index is 11.9. The fraction of sp³-hybridized carbons (Fsp3) is 0.846. The van der Waals surface area contributed by atoms with Crippen molar-refractivity contribution >= 4 is 12.4 Å². The van der Waals surface area contributed by atoms with Crippen molar-refractivity contribution < 1.29 is 19.1 Å². The zero-order valence-corrected chi connectivity index (χ0v) is 11.6. The van der Waals surface area contributed by atoms with E-state index in [-0.39, 0.29) is 5.92 Å². The molecule has 0 radical (unpaired) electrons. The van der Waals surface area contributed by atoms with E-state index in [1.165, 1.54) is 4.90 Å². The highest BCUT2D eigenvalue weighted by molar-refractivity contribution is 5.73. The molecule has 0 saturated carbocycles. The Balaban J connectivity index is 2.63. The Kier molecular flexibility index (Phi) is 5.14. The molecule has 0 aromatic heterocycles. The maximum Gasteiger partial charge on any atom is 0.410 e. The molecule has 0 aliphatic carbocycles. The second-order valence-electron chi connectivity index (χ2n) is 5.67. The van der Waals surface area contributed by atoms with Crippen LogP contribution in [0.4, 0.5) is 4.79 Å². The minimum atomic E-state index is -0.547. The van der Waals surface area contributed by atoms with Gasteiger partial charge in [-0.2, -0.15) is 0 Å². The molecule has 1 fully saturated rings. The smallest absolute Gasteiger partial charge is 0.410 e. The zero-order chi connectivity index (χ0) is 13.8. The topological polar surface area (TPSA) is 55.8 Å². The first-order chi connectivity index (χ1) is 8.35. The zero-order valence-electron chi connectivity index (χ0n) is 11.6. The lowest BCUT2D eigenvalue weighted by molar-refractivity contribution is -0.115. The van der Waals surface area contributed by atoms with Crippen LogP contribution in [-0.2, 0) is 14.3 Å². The number of rotatable bonds is 3. The monoisotopic (exact) mass is 257 g/mol. The van der Waals surface area contributed by atoms with E-state index in [4.69, 9.17) is 9.47 Å². The molecule has 1 unspecified atom stereocenters. The molecule has 1 aliphatic rings. The van der Waals surface area contributed by atoms with Crippen LogP contribution < -0.4 is 0 Å². The number of aldehydes is 1. The summed E-state index contributed by atoms with van der Waals surface area (Å²) in [4.78, 5) is 24.5. The Morgan fingerprint density at radius 1 is 1.39 bits per heavy atom. The van der Waals surface area contributed by atoms with Gasteiger partial charge in [0, 0.05) is 20.3 Å². The van der Waals surface area contributed by atoms with Crippen molar-refractivity contribution in [3.05, 3.63) is 0 Å². The Hall–Kier alpha value is -1.10. The van der Waals surface area contributed by atoms with Gasteiger partial charge in [-0.25, -0.2) is 4.79 Å². The van der Waals surface area contributed by atoms with Crippen LogP contribution in [-0.4, -0.2) is 49.2 Å². The fourth-order valence-corrected chi connectivity index (χ4v) is 2.03. The highest BCUT2D eigenvalue weighted by atomic mass is 16.6. The summed E-state index contributed by atoms with van der Waals surface area (Å²) in [5.41, 5.74) is -0.547. The van der Waals surface area contributed by atoms with Crippen molar-refractivity contribution in [2.24, 2.45) is 5.92 Å². The summed E-state index contributed by atoms with van der Waals surface area (Å²) in [5, 5.41) is 0. The molecule has 0 aromatic rings. The lowest BCUT2D eigenvalue weighted by Gasteiger charge is -2.34. The summed E-state index contributed by atoms with van der Waals surface area (Å²) in [7, 11) is 1.61. The molecule has 1 amide bonds. The number of ether oxygens (including phenoxy) is 2. The molecule has 1 rings (SSSR count). The largest absolute Gasteiger partial charge is 0.444 e. The van der Waals surface area contributed by atoms with Crippen LogP contribution in [0.5, 0.6) is 0 Å². The van der Waals surface area contributed by atoms with Gasteiger partial charge in [0.1, 0.15) is 11.9 Å². The van der Waals surface area contributed by atoms with Gasteiger partial charge in [0.25, 0.3) is 0 Å².